The van der Waals surface area contributed by atoms with Gasteiger partial charge in [-0.3, -0.25) is 10.1 Å². The summed E-state index contributed by atoms with van der Waals surface area (Å²) < 4.78 is 16.8. The van der Waals surface area contributed by atoms with Crippen molar-refractivity contribution in [2.45, 2.75) is 33.1 Å². The second kappa shape index (κ2) is 11.8. The molecule has 0 spiro atoms. The number of allylic oxidation sites excluding steroid dienone is 4. The number of halogens is 1. The first-order valence-corrected chi connectivity index (χ1v) is 12.8. The Hall–Kier alpha value is -2.75. The van der Waals surface area contributed by atoms with Gasteiger partial charge in [0.05, 0.1) is 26.5 Å². The van der Waals surface area contributed by atoms with Crippen LogP contribution in [-0.4, -0.2) is 48.0 Å². The number of ether oxygens (including phenoxy) is 3. The van der Waals surface area contributed by atoms with Gasteiger partial charge in [0.15, 0.2) is 0 Å². The van der Waals surface area contributed by atoms with Gasteiger partial charge in [0, 0.05) is 23.7 Å². The van der Waals surface area contributed by atoms with Gasteiger partial charge < -0.3 is 14.2 Å². The van der Waals surface area contributed by atoms with Gasteiger partial charge in [-0.25, -0.2) is 4.98 Å². The first-order valence-electron chi connectivity index (χ1n) is 11.6. The molecule has 1 fully saturated rings. The fourth-order valence-electron chi connectivity index (χ4n) is 3.98. The van der Waals surface area contributed by atoms with E-state index in [0.717, 1.165) is 31.4 Å². The van der Waals surface area contributed by atoms with E-state index < -0.39 is 0 Å². The second-order valence-electron chi connectivity index (χ2n) is 8.73. The van der Waals surface area contributed by atoms with Crippen LogP contribution in [0.1, 0.15) is 38.7 Å². The van der Waals surface area contributed by atoms with Crippen LogP contribution < -0.4 is 14.8 Å². The van der Waals surface area contributed by atoms with E-state index in [1.54, 1.807) is 19.4 Å². The van der Waals surface area contributed by atoms with E-state index >= 15 is 0 Å². The van der Waals surface area contributed by atoms with Crippen molar-refractivity contribution in [1.29, 1.82) is 0 Å². The molecule has 4 rings (SSSR count). The Labute approximate surface area is 214 Å². The highest BCUT2D eigenvalue weighted by Crippen LogP contribution is 2.34. The molecule has 0 saturated carbocycles. The van der Waals surface area contributed by atoms with Gasteiger partial charge in [-0.15, -0.1) is 5.10 Å². The minimum atomic E-state index is -0.308. The lowest BCUT2D eigenvalue weighted by atomic mass is 9.96. The Morgan fingerprint density at radius 1 is 1.34 bits per heavy atom. The van der Waals surface area contributed by atoms with Crippen LogP contribution in [0, 0.1) is 11.8 Å². The number of rotatable bonds is 7. The molecule has 1 saturated heterocycles. The SMILES string of the molecule is COc1cnc(Cl)cc1C1=C(C(=O)Nc2nnc(OC[C@@H]3COC[C@H]3C)s2)/C=C/CCC/C(C)=C\1. The van der Waals surface area contributed by atoms with E-state index in [-0.39, 0.29) is 5.91 Å². The molecule has 1 N–H and O–H groups in total. The fourth-order valence-corrected chi connectivity index (χ4v) is 4.73. The molecule has 0 aromatic carbocycles. The average molecular weight is 517 g/mol. The fraction of sp³-hybridized carbons (Fsp3) is 0.440. The summed E-state index contributed by atoms with van der Waals surface area (Å²) in [6.45, 7) is 6.14. The van der Waals surface area contributed by atoms with Gasteiger partial charge in [0.2, 0.25) is 5.13 Å². The molecule has 0 unspecified atom stereocenters. The number of anilines is 1. The lowest BCUT2D eigenvalue weighted by molar-refractivity contribution is -0.112. The van der Waals surface area contributed by atoms with Crippen LogP contribution in [0.3, 0.4) is 0 Å². The summed E-state index contributed by atoms with van der Waals surface area (Å²) in [5.41, 5.74) is 3.02. The van der Waals surface area contributed by atoms with Gasteiger partial charge in [-0.2, -0.15) is 0 Å². The number of nitrogens with one attached hydrogen (secondary N) is 1. The van der Waals surface area contributed by atoms with Gasteiger partial charge in [0.1, 0.15) is 10.9 Å². The highest BCUT2D eigenvalue weighted by molar-refractivity contribution is 7.17. The normalized spacial score (nSPS) is 25.1. The summed E-state index contributed by atoms with van der Waals surface area (Å²) in [5.74, 6) is 0.990. The smallest absolute Gasteiger partial charge is 0.295 e. The molecule has 1 amide bonds. The Morgan fingerprint density at radius 2 is 2.20 bits per heavy atom. The van der Waals surface area contributed by atoms with E-state index in [0.29, 0.717) is 63.0 Å². The molecule has 2 atom stereocenters. The molecular formula is C25H29ClN4O4S. The van der Waals surface area contributed by atoms with Crippen LogP contribution in [-0.2, 0) is 9.53 Å². The quantitative estimate of drug-likeness (QED) is 0.496. The molecule has 1 aliphatic carbocycles. The lowest BCUT2D eigenvalue weighted by Crippen LogP contribution is -2.17. The van der Waals surface area contributed by atoms with Gasteiger partial charge in [-0.1, -0.05) is 47.4 Å². The molecular weight excluding hydrogens is 488 g/mol. The number of carbonyl (C=O) groups is 1. The molecule has 0 radical (unpaired) electrons. The molecule has 2 aromatic heterocycles. The zero-order chi connectivity index (χ0) is 24.8. The third-order valence-corrected chi connectivity index (χ3v) is 7.02. The largest absolute Gasteiger partial charge is 0.494 e. The van der Waals surface area contributed by atoms with Crippen LogP contribution in [0.5, 0.6) is 10.9 Å². The van der Waals surface area contributed by atoms with Crippen molar-refractivity contribution in [2.75, 3.05) is 32.2 Å². The maximum atomic E-state index is 13.5. The van der Waals surface area contributed by atoms with Crippen molar-refractivity contribution in [3.05, 3.63) is 52.4 Å². The van der Waals surface area contributed by atoms with Crippen molar-refractivity contribution in [2.24, 2.45) is 11.8 Å². The third kappa shape index (κ3) is 6.48. The number of nitrogens with zero attached hydrogens (tertiary/aromatic N) is 3. The molecule has 0 bridgehead atoms. The molecule has 186 valence electrons. The number of methoxy groups -OCH3 is 1. The average Bonchev–Trinajstić information content (AvgIpc) is 3.48. The van der Waals surface area contributed by atoms with E-state index in [9.17, 15) is 4.79 Å². The standard InChI is InChI=1S/C25H29ClN4O4S/c1-15-7-5-4-6-8-18(19(9-15)20-10-22(26)27-11-21(20)32-3)23(31)28-24-29-30-25(35-24)34-14-17-13-33-12-16(17)2/h6,8-11,16-17H,4-5,7,12-14H2,1-3H3,(H,28,29,31)/b8-6+,15-9-,19-18-/t16-,17+/m1/s1. The summed E-state index contributed by atoms with van der Waals surface area (Å²) in [4.78, 5) is 17.6. The van der Waals surface area contributed by atoms with Crippen molar-refractivity contribution in [1.82, 2.24) is 15.2 Å². The lowest BCUT2D eigenvalue weighted by Gasteiger charge is -2.14. The predicted molar refractivity (Wildman–Crippen MR) is 137 cm³/mol. The monoisotopic (exact) mass is 516 g/mol. The summed E-state index contributed by atoms with van der Waals surface area (Å²) in [6.07, 6.45) is 10.2. The van der Waals surface area contributed by atoms with Crippen molar-refractivity contribution in [3.63, 3.8) is 0 Å². The van der Waals surface area contributed by atoms with Crippen molar-refractivity contribution < 1.29 is 19.0 Å². The first kappa shape index (κ1) is 25.3. The number of aromatic nitrogens is 3. The topological polar surface area (TPSA) is 95.5 Å². The molecule has 35 heavy (non-hydrogen) atoms. The van der Waals surface area contributed by atoms with Crippen LogP contribution in [0.2, 0.25) is 5.15 Å². The Bertz CT molecular complexity index is 1160. The summed E-state index contributed by atoms with van der Waals surface area (Å²) >= 11 is 7.41. The maximum absolute atomic E-state index is 13.5. The molecule has 2 aromatic rings. The highest BCUT2D eigenvalue weighted by atomic mass is 35.5. The van der Waals surface area contributed by atoms with Crippen LogP contribution >= 0.6 is 22.9 Å². The zero-order valence-electron chi connectivity index (χ0n) is 20.0. The Morgan fingerprint density at radius 3 is 2.97 bits per heavy atom. The number of hydrogen-bond donors (Lipinski definition) is 1. The van der Waals surface area contributed by atoms with E-state index in [1.807, 2.05) is 18.2 Å². The number of hydrogen-bond acceptors (Lipinski definition) is 8. The molecule has 10 heteroatoms. The van der Waals surface area contributed by atoms with E-state index in [4.69, 9.17) is 25.8 Å². The maximum Gasteiger partial charge on any atom is 0.295 e. The Kier molecular flexibility index (Phi) is 8.54. The minimum absolute atomic E-state index is 0.308. The van der Waals surface area contributed by atoms with E-state index in [1.165, 1.54) is 11.3 Å². The first-order chi connectivity index (χ1) is 16.9. The third-order valence-electron chi connectivity index (χ3n) is 6.06. The summed E-state index contributed by atoms with van der Waals surface area (Å²) in [5, 5.41) is 12.1. The zero-order valence-corrected chi connectivity index (χ0v) is 21.6. The predicted octanol–water partition coefficient (Wildman–Crippen LogP) is 5.34. The molecule has 3 heterocycles. The minimum Gasteiger partial charge on any atom is -0.494 e. The molecule has 1 aliphatic heterocycles. The van der Waals surface area contributed by atoms with Crippen LogP contribution in [0.4, 0.5) is 5.13 Å². The summed E-state index contributed by atoms with van der Waals surface area (Å²) in [6, 6.07) is 1.71. The van der Waals surface area contributed by atoms with Crippen molar-refractivity contribution >= 4 is 39.5 Å². The van der Waals surface area contributed by atoms with Crippen LogP contribution in [0.15, 0.2) is 41.6 Å². The number of pyridine rings is 1. The van der Waals surface area contributed by atoms with Gasteiger partial charge >= 0.3 is 0 Å². The number of amides is 1. The van der Waals surface area contributed by atoms with E-state index in [2.05, 4.69) is 34.3 Å². The molecule has 2 aliphatic rings. The number of carbonyl (C=O) groups excluding carboxylic acids is 1. The van der Waals surface area contributed by atoms with Crippen LogP contribution in [0.25, 0.3) is 5.57 Å². The van der Waals surface area contributed by atoms with Crippen molar-refractivity contribution in [3.8, 4) is 10.9 Å². The highest BCUT2D eigenvalue weighted by Gasteiger charge is 2.25. The Balaban J connectivity index is 1.61. The summed E-state index contributed by atoms with van der Waals surface area (Å²) in [7, 11) is 1.57. The van der Waals surface area contributed by atoms with Gasteiger partial charge in [-0.05, 0) is 55.1 Å². The second-order valence-corrected chi connectivity index (χ2v) is 10.1. The molecule has 8 nitrogen and oxygen atoms in total. The van der Waals surface area contributed by atoms with Gasteiger partial charge in [0.25, 0.3) is 11.1 Å².